The first kappa shape index (κ1) is 12.8. The van der Waals surface area contributed by atoms with E-state index >= 15 is 0 Å². The number of pyridine rings is 1. The minimum Gasteiger partial charge on any atom is -0.369 e. The number of primary amides is 1. The third-order valence-electron chi connectivity index (χ3n) is 3.33. The fraction of sp³-hybridized carbons (Fsp3) is 0.417. The highest BCUT2D eigenvalue weighted by atomic mass is 35.5. The predicted octanol–water partition coefficient (Wildman–Crippen LogP) is 1.07. The van der Waals surface area contributed by atoms with Crippen LogP contribution in [0, 0.1) is 5.41 Å². The lowest BCUT2D eigenvalue weighted by molar-refractivity contribution is -0.126. The summed E-state index contributed by atoms with van der Waals surface area (Å²) in [4.78, 5) is 29.0. The lowest BCUT2D eigenvalue weighted by Gasteiger charge is -2.21. The first-order valence-electron chi connectivity index (χ1n) is 5.63. The molecule has 1 aromatic rings. The summed E-state index contributed by atoms with van der Waals surface area (Å²) in [5, 5.41) is 0.343. The second-order valence-corrected chi connectivity index (χ2v) is 5.16. The molecule has 2 heterocycles. The van der Waals surface area contributed by atoms with Crippen molar-refractivity contribution in [3.63, 3.8) is 0 Å². The van der Waals surface area contributed by atoms with Crippen LogP contribution < -0.4 is 5.73 Å². The van der Waals surface area contributed by atoms with Crippen LogP contribution in [-0.4, -0.2) is 34.8 Å². The Balaban J connectivity index is 2.12. The number of likely N-dealkylation sites (tertiary alicyclic amines) is 1. The normalized spacial score (nSPS) is 23.1. The molecule has 6 heteroatoms. The second kappa shape index (κ2) is 4.57. The molecule has 0 spiro atoms. The molecule has 1 fully saturated rings. The lowest BCUT2D eigenvalue weighted by Crippen LogP contribution is -2.38. The SMILES string of the molecule is CC1(C(N)=O)CCN(C(=O)c2ccc(Cl)nc2)C1. The van der Waals surface area contributed by atoms with Crippen molar-refractivity contribution in [3.8, 4) is 0 Å². The van der Waals surface area contributed by atoms with E-state index in [1.54, 1.807) is 24.0 Å². The van der Waals surface area contributed by atoms with E-state index in [0.717, 1.165) is 0 Å². The van der Waals surface area contributed by atoms with Gasteiger partial charge in [-0.15, -0.1) is 0 Å². The largest absolute Gasteiger partial charge is 0.369 e. The second-order valence-electron chi connectivity index (χ2n) is 4.77. The molecule has 2 amide bonds. The zero-order valence-electron chi connectivity index (χ0n) is 10.0. The van der Waals surface area contributed by atoms with Gasteiger partial charge in [-0.3, -0.25) is 9.59 Å². The number of hydrogen-bond donors (Lipinski definition) is 1. The number of rotatable bonds is 2. The summed E-state index contributed by atoms with van der Waals surface area (Å²) >= 11 is 5.67. The monoisotopic (exact) mass is 267 g/mol. The molecule has 0 saturated carbocycles. The van der Waals surface area contributed by atoms with E-state index in [1.807, 2.05) is 0 Å². The molecule has 1 aliphatic rings. The molecule has 1 aliphatic heterocycles. The minimum absolute atomic E-state index is 0.149. The van der Waals surface area contributed by atoms with Crippen LogP contribution in [-0.2, 0) is 4.79 Å². The fourth-order valence-electron chi connectivity index (χ4n) is 2.02. The molecule has 96 valence electrons. The molecule has 1 unspecified atom stereocenters. The van der Waals surface area contributed by atoms with Gasteiger partial charge in [-0.25, -0.2) is 4.98 Å². The van der Waals surface area contributed by atoms with Gasteiger partial charge in [0.2, 0.25) is 5.91 Å². The standard InChI is InChI=1S/C12H14ClN3O2/c1-12(11(14)18)4-5-16(7-12)10(17)8-2-3-9(13)15-6-8/h2-3,6H,4-5,7H2,1H3,(H2,14,18). The highest BCUT2D eigenvalue weighted by Crippen LogP contribution is 2.30. The van der Waals surface area contributed by atoms with Gasteiger partial charge in [-0.05, 0) is 25.5 Å². The zero-order chi connectivity index (χ0) is 13.3. The molecule has 18 heavy (non-hydrogen) atoms. The lowest BCUT2D eigenvalue weighted by atomic mass is 9.89. The molecule has 2 N–H and O–H groups in total. The van der Waals surface area contributed by atoms with Crippen LogP contribution in [0.4, 0.5) is 0 Å². The first-order valence-corrected chi connectivity index (χ1v) is 6.01. The maximum absolute atomic E-state index is 12.2. The topological polar surface area (TPSA) is 76.3 Å². The summed E-state index contributed by atoms with van der Waals surface area (Å²) in [6.45, 7) is 2.66. The van der Waals surface area contributed by atoms with Gasteiger partial charge in [-0.2, -0.15) is 0 Å². The van der Waals surface area contributed by atoms with Gasteiger partial charge in [-0.1, -0.05) is 11.6 Å². The molecule has 0 aromatic carbocycles. The van der Waals surface area contributed by atoms with Crippen LogP contribution in [0.1, 0.15) is 23.7 Å². The third kappa shape index (κ3) is 2.31. The Kier molecular flexibility index (Phi) is 3.26. The Morgan fingerprint density at radius 3 is 2.72 bits per heavy atom. The van der Waals surface area contributed by atoms with Gasteiger partial charge in [0, 0.05) is 19.3 Å². The Hall–Kier alpha value is -1.62. The van der Waals surface area contributed by atoms with E-state index in [-0.39, 0.29) is 11.8 Å². The molecule has 5 nitrogen and oxygen atoms in total. The number of hydrogen-bond acceptors (Lipinski definition) is 3. The van der Waals surface area contributed by atoms with Crippen molar-refractivity contribution in [1.29, 1.82) is 0 Å². The highest BCUT2D eigenvalue weighted by molar-refractivity contribution is 6.29. The van der Waals surface area contributed by atoms with Crippen molar-refractivity contribution in [1.82, 2.24) is 9.88 Å². The van der Waals surface area contributed by atoms with Crippen LogP contribution in [0.3, 0.4) is 0 Å². The maximum atomic E-state index is 12.2. The molecule has 0 bridgehead atoms. The third-order valence-corrected chi connectivity index (χ3v) is 3.55. The highest BCUT2D eigenvalue weighted by Gasteiger charge is 2.40. The summed E-state index contributed by atoms with van der Waals surface area (Å²) in [5.74, 6) is -0.517. The average Bonchev–Trinajstić information content (AvgIpc) is 2.73. The quantitative estimate of drug-likeness (QED) is 0.815. The molecule has 1 aromatic heterocycles. The van der Waals surface area contributed by atoms with E-state index in [2.05, 4.69) is 4.98 Å². The van der Waals surface area contributed by atoms with Crippen LogP contribution >= 0.6 is 11.6 Å². The number of halogens is 1. The molecular weight excluding hydrogens is 254 g/mol. The minimum atomic E-state index is -0.629. The van der Waals surface area contributed by atoms with Crippen molar-refractivity contribution in [2.24, 2.45) is 11.1 Å². The summed E-state index contributed by atoms with van der Waals surface area (Å²) in [5.41, 5.74) is 5.18. The number of nitrogens with zero attached hydrogens (tertiary/aromatic N) is 2. The Morgan fingerprint density at radius 2 is 2.22 bits per heavy atom. The maximum Gasteiger partial charge on any atom is 0.255 e. The predicted molar refractivity (Wildman–Crippen MR) is 67.1 cm³/mol. The van der Waals surface area contributed by atoms with Gasteiger partial charge >= 0.3 is 0 Å². The summed E-state index contributed by atoms with van der Waals surface area (Å²) in [6.07, 6.45) is 2.03. The van der Waals surface area contributed by atoms with Gasteiger partial charge in [0.1, 0.15) is 5.15 Å². The van der Waals surface area contributed by atoms with Crippen molar-refractivity contribution < 1.29 is 9.59 Å². The summed E-state index contributed by atoms with van der Waals surface area (Å²) < 4.78 is 0. The Labute approximate surface area is 110 Å². The Bertz CT molecular complexity index is 489. The van der Waals surface area contributed by atoms with E-state index in [9.17, 15) is 9.59 Å². The Morgan fingerprint density at radius 1 is 1.50 bits per heavy atom. The van der Waals surface area contributed by atoms with Crippen LogP contribution in [0.5, 0.6) is 0 Å². The van der Waals surface area contributed by atoms with Gasteiger partial charge in [0.25, 0.3) is 5.91 Å². The molecule has 2 rings (SSSR count). The number of aromatic nitrogens is 1. The van der Waals surface area contributed by atoms with E-state index in [0.29, 0.717) is 30.2 Å². The van der Waals surface area contributed by atoms with Crippen LogP contribution in [0.15, 0.2) is 18.3 Å². The van der Waals surface area contributed by atoms with E-state index in [4.69, 9.17) is 17.3 Å². The van der Waals surface area contributed by atoms with Crippen molar-refractivity contribution >= 4 is 23.4 Å². The zero-order valence-corrected chi connectivity index (χ0v) is 10.8. The molecule has 0 radical (unpaired) electrons. The number of carbonyl (C=O) groups excluding carboxylic acids is 2. The summed E-state index contributed by atoms with van der Waals surface area (Å²) in [7, 11) is 0. The van der Waals surface area contributed by atoms with Gasteiger partial charge in [0.05, 0.1) is 11.0 Å². The fourth-order valence-corrected chi connectivity index (χ4v) is 2.13. The van der Waals surface area contributed by atoms with Crippen LogP contribution in [0.2, 0.25) is 5.15 Å². The van der Waals surface area contributed by atoms with Crippen molar-refractivity contribution in [3.05, 3.63) is 29.0 Å². The summed E-state index contributed by atoms with van der Waals surface area (Å²) in [6, 6.07) is 3.19. The van der Waals surface area contributed by atoms with Crippen molar-refractivity contribution in [2.75, 3.05) is 13.1 Å². The van der Waals surface area contributed by atoms with E-state index in [1.165, 1.54) is 6.20 Å². The molecular formula is C12H14ClN3O2. The molecule has 0 aliphatic carbocycles. The molecule has 1 atom stereocenters. The number of nitrogens with two attached hydrogens (primary N) is 1. The van der Waals surface area contributed by atoms with Crippen LogP contribution in [0.25, 0.3) is 0 Å². The van der Waals surface area contributed by atoms with Crippen molar-refractivity contribution in [2.45, 2.75) is 13.3 Å². The number of amides is 2. The first-order chi connectivity index (χ1) is 8.42. The average molecular weight is 268 g/mol. The van der Waals surface area contributed by atoms with Gasteiger partial charge < -0.3 is 10.6 Å². The smallest absolute Gasteiger partial charge is 0.255 e. The van der Waals surface area contributed by atoms with E-state index < -0.39 is 5.41 Å². The molecule has 1 saturated heterocycles. The number of carbonyl (C=O) groups is 2. The van der Waals surface area contributed by atoms with Gasteiger partial charge in [0.15, 0.2) is 0 Å².